The topological polar surface area (TPSA) is 12.5 Å². The molecule has 1 spiro atoms. The third-order valence-corrected chi connectivity index (χ3v) is 8.42. The summed E-state index contributed by atoms with van der Waals surface area (Å²) in [7, 11) is 0. The van der Waals surface area contributed by atoms with Crippen molar-refractivity contribution < 1.29 is 4.74 Å². The van der Waals surface area contributed by atoms with Gasteiger partial charge in [-0.25, -0.2) is 0 Å². The Kier molecular flexibility index (Phi) is 2.52. The summed E-state index contributed by atoms with van der Waals surface area (Å²) in [5.41, 5.74) is 1.13. The first kappa shape index (κ1) is 12.5. The third-order valence-electron chi connectivity index (χ3n) is 8.42. The average molecular weight is 274 g/mol. The molecule has 0 bridgehead atoms. The lowest BCUT2D eigenvalue weighted by Crippen LogP contribution is -2.48. The summed E-state index contributed by atoms with van der Waals surface area (Å²) in [6.07, 6.45) is 15.1. The van der Waals surface area contributed by atoms with Gasteiger partial charge < -0.3 is 4.74 Å². The van der Waals surface area contributed by atoms with Gasteiger partial charge in [0.2, 0.25) is 0 Å². The second kappa shape index (κ2) is 4.03. The Morgan fingerprint density at radius 1 is 0.850 bits per heavy atom. The van der Waals surface area contributed by atoms with Gasteiger partial charge in [0, 0.05) is 0 Å². The van der Waals surface area contributed by atoms with Gasteiger partial charge in [-0.2, -0.15) is 0 Å². The molecule has 0 aromatic rings. The fraction of sp³-hybridized carbons (Fsp3) is 1.00. The zero-order chi connectivity index (χ0) is 13.4. The second-order valence-electron chi connectivity index (χ2n) is 9.23. The zero-order valence-corrected chi connectivity index (χ0v) is 13.1. The molecule has 5 fully saturated rings. The van der Waals surface area contributed by atoms with Crippen LogP contribution in [-0.4, -0.2) is 12.2 Å². The van der Waals surface area contributed by atoms with Gasteiger partial charge in [0.1, 0.15) is 0 Å². The van der Waals surface area contributed by atoms with E-state index >= 15 is 0 Å². The first-order valence-corrected chi connectivity index (χ1v) is 9.33. The number of hydrogen-bond acceptors (Lipinski definition) is 1. The molecular weight excluding hydrogens is 244 g/mol. The third kappa shape index (κ3) is 1.65. The van der Waals surface area contributed by atoms with Crippen molar-refractivity contribution in [1.82, 2.24) is 0 Å². The number of hydrogen-bond donors (Lipinski definition) is 0. The van der Waals surface area contributed by atoms with E-state index in [4.69, 9.17) is 4.74 Å². The van der Waals surface area contributed by atoms with Crippen LogP contribution in [-0.2, 0) is 4.74 Å². The second-order valence-corrected chi connectivity index (χ2v) is 9.23. The van der Waals surface area contributed by atoms with Crippen LogP contribution in [0.4, 0.5) is 0 Å². The summed E-state index contributed by atoms with van der Waals surface area (Å²) in [5, 5.41) is 0. The molecule has 1 aliphatic heterocycles. The lowest BCUT2D eigenvalue weighted by Gasteiger charge is -2.55. The molecule has 1 nitrogen and oxygen atoms in total. The molecule has 5 aliphatic rings. The van der Waals surface area contributed by atoms with Gasteiger partial charge in [-0.3, -0.25) is 0 Å². The van der Waals surface area contributed by atoms with Gasteiger partial charge in [0.25, 0.3) is 0 Å². The fourth-order valence-corrected chi connectivity index (χ4v) is 7.30. The lowest BCUT2D eigenvalue weighted by atomic mass is 9.50. The number of rotatable bonds is 0. The van der Waals surface area contributed by atoms with Crippen molar-refractivity contribution in [3.05, 3.63) is 0 Å². The highest BCUT2D eigenvalue weighted by atomic mass is 16.6. The van der Waals surface area contributed by atoms with Gasteiger partial charge in [-0.15, -0.1) is 0 Å². The van der Waals surface area contributed by atoms with Crippen molar-refractivity contribution in [1.29, 1.82) is 0 Å². The van der Waals surface area contributed by atoms with Crippen LogP contribution in [0.25, 0.3) is 0 Å². The van der Waals surface area contributed by atoms with Crippen LogP contribution in [0.1, 0.15) is 71.1 Å². The van der Waals surface area contributed by atoms with Crippen LogP contribution in [0.5, 0.6) is 0 Å². The summed E-state index contributed by atoms with van der Waals surface area (Å²) in [5.74, 6) is 5.40. The van der Waals surface area contributed by atoms with Crippen molar-refractivity contribution in [2.24, 2.45) is 35.0 Å². The van der Waals surface area contributed by atoms with Gasteiger partial charge in [0.15, 0.2) is 0 Å². The van der Waals surface area contributed by atoms with E-state index in [1.807, 2.05) is 0 Å². The molecule has 7 atom stereocenters. The Morgan fingerprint density at radius 3 is 2.55 bits per heavy atom. The van der Waals surface area contributed by atoms with Gasteiger partial charge in [-0.05, 0) is 92.8 Å². The van der Waals surface area contributed by atoms with E-state index in [9.17, 15) is 0 Å². The molecule has 0 aromatic heterocycles. The van der Waals surface area contributed by atoms with E-state index in [0.717, 1.165) is 41.6 Å². The summed E-state index contributed by atoms with van der Waals surface area (Å²) in [4.78, 5) is 0. The van der Waals surface area contributed by atoms with E-state index in [1.54, 1.807) is 25.7 Å². The normalized spacial score (nSPS) is 60.8. The molecule has 112 valence electrons. The highest BCUT2D eigenvalue weighted by Gasteiger charge is 2.57. The van der Waals surface area contributed by atoms with E-state index in [1.165, 1.54) is 38.5 Å². The Balaban J connectivity index is 1.39. The summed E-state index contributed by atoms with van der Waals surface area (Å²) >= 11 is 0. The molecule has 1 heteroatoms. The Labute approximate surface area is 123 Å². The van der Waals surface area contributed by atoms with Crippen LogP contribution >= 0.6 is 0 Å². The highest BCUT2D eigenvalue weighted by molar-refractivity contribution is 5.07. The maximum Gasteiger partial charge on any atom is 0.0919 e. The first-order chi connectivity index (χ1) is 9.69. The number of ether oxygens (including phenoxy) is 1. The predicted octanol–water partition coefficient (Wildman–Crippen LogP) is 4.80. The van der Waals surface area contributed by atoms with Crippen LogP contribution in [0, 0.1) is 35.0 Å². The Hall–Kier alpha value is -0.0400. The largest absolute Gasteiger partial charge is 0.370 e. The molecule has 4 aliphatic carbocycles. The molecular formula is C19H30O. The fourth-order valence-electron chi connectivity index (χ4n) is 7.30. The lowest BCUT2D eigenvalue weighted by molar-refractivity contribution is -0.0594. The SMILES string of the molecule is C[C@@]12CCC[C@H]1[C@@H]1CC[C@@H]3CC4(CC[C@@H]3[C@H]1CC2)CO4. The quantitative estimate of drug-likeness (QED) is 0.578. The average Bonchev–Trinajstić information content (AvgIpc) is 3.07. The van der Waals surface area contributed by atoms with Crippen molar-refractivity contribution >= 4 is 0 Å². The minimum Gasteiger partial charge on any atom is -0.370 e. The molecule has 0 N–H and O–H groups in total. The molecule has 0 amide bonds. The van der Waals surface area contributed by atoms with Crippen LogP contribution in [0.2, 0.25) is 0 Å². The molecule has 1 saturated heterocycles. The Morgan fingerprint density at radius 2 is 1.70 bits per heavy atom. The van der Waals surface area contributed by atoms with E-state index in [-0.39, 0.29) is 0 Å². The maximum absolute atomic E-state index is 5.81. The minimum absolute atomic E-state index is 0.393. The van der Waals surface area contributed by atoms with Crippen LogP contribution < -0.4 is 0 Å². The van der Waals surface area contributed by atoms with Crippen LogP contribution in [0.3, 0.4) is 0 Å². The minimum atomic E-state index is 0.393. The van der Waals surface area contributed by atoms with E-state index in [2.05, 4.69) is 6.92 Å². The highest BCUT2D eigenvalue weighted by Crippen LogP contribution is 2.63. The van der Waals surface area contributed by atoms with E-state index in [0.29, 0.717) is 5.60 Å². The van der Waals surface area contributed by atoms with Crippen molar-refractivity contribution in [3.63, 3.8) is 0 Å². The molecule has 0 aromatic carbocycles. The number of epoxide rings is 1. The maximum atomic E-state index is 5.81. The molecule has 20 heavy (non-hydrogen) atoms. The molecule has 5 rings (SSSR count). The van der Waals surface area contributed by atoms with Crippen molar-refractivity contribution in [2.75, 3.05) is 6.61 Å². The predicted molar refractivity (Wildman–Crippen MR) is 80.4 cm³/mol. The smallest absolute Gasteiger partial charge is 0.0919 e. The van der Waals surface area contributed by atoms with Crippen LogP contribution in [0.15, 0.2) is 0 Å². The molecule has 1 heterocycles. The number of fused-ring (bicyclic) bond motifs is 5. The standard InChI is InChI=1S/C19H30O/c1-18-8-2-3-17(18)16-5-4-13-11-19(12-20-19)10-7-14(13)15(16)6-9-18/h13-17H,2-12H2,1H3/t13-,14+,15-,16-,17+,18+,19?/m1/s1. The van der Waals surface area contributed by atoms with E-state index < -0.39 is 0 Å². The summed E-state index contributed by atoms with van der Waals surface area (Å²) in [6.45, 7) is 3.71. The van der Waals surface area contributed by atoms with Gasteiger partial charge in [-0.1, -0.05) is 13.3 Å². The van der Waals surface area contributed by atoms with Crippen molar-refractivity contribution in [2.45, 2.75) is 76.7 Å². The van der Waals surface area contributed by atoms with Gasteiger partial charge >= 0.3 is 0 Å². The molecule has 1 unspecified atom stereocenters. The van der Waals surface area contributed by atoms with Gasteiger partial charge in [0.05, 0.1) is 12.2 Å². The molecule has 0 radical (unpaired) electrons. The Bertz CT molecular complexity index is 412. The zero-order valence-electron chi connectivity index (χ0n) is 13.1. The summed E-state index contributed by atoms with van der Waals surface area (Å²) in [6, 6.07) is 0. The summed E-state index contributed by atoms with van der Waals surface area (Å²) < 4.78 is 5.81. The molecule has 4 saturated carbocycles. The monoisotopic (exact) mass is 274 g/mol. The van der Waals surface area contributed by atoms with Crippen molar-refractivity contribution in [3.8, 4) is 0 Å². The first-order valence-electron chi connectivity index (χ1n) is 9.33.